The third-order valence-electron chi connectivity index (χ3n) is 3.90. The smallest absolute Gasteiger partial charge is 0.257 e. The summed E-state index contributed by atoms with van der Waals surface area (Å²) in [5.74, 6) is 0.114. The zero-order valence-electron chi connectivity index (χ0n) is 17.0. The molecule has 0 aliphatic carbocycles. The normalized spacial score (nSPS) is 10.4. The van der Waals surface area contributed by atoms with Crippen molar-refractivity contribution in [3.63, 3.8) is 0 Å². The van der Waals surface area contributed by atoms with E-state index in [4.69, 9.17) is 21.7 Å². The van der Waals surface area contributed by atoms with Crippen molar-refractivity contribution in [2.45, 2.75) is 13.8 Å². The van der Waals surface area contributed by atoms with E-state index >= 15 is 0 Å². The van der Waals surface area contributed by atoms with Gasteiger partial charge >= 0.3 is 0 Å². The fourth-order valence-electron chi connectivity index (χ4n) is 2.26. The molecule has 160 valence electrons. The number of amides is 2. The van der Waals surface area contributed by atoms with Gasteiger partial charge in [-0.1, -0.05) is 13.8 Å². The lowest BCUT2D eigenvalue weighted by Gasteiger charge is -2.12. The zero-order valence-corrected chi connectivity index (χ0v) is 19.4. The first-order chi connectivity index (χ1) is 14.3. The number of carbonyl (C=O) groups is 2. The molecule has 0 bridgehead atoms. The van der Waals surface area contributed by atoms with Gasteiger partial charge in [0, 0.05) is 30.0 Å². The number of anilines is 2. The molecule has 7 nitrogen and oxygen atoms in total. The second kappa shape index (κ2) is 11.6. The van der Waals surface area contributed by atoms with Gasteiger partial charge < -0.3 is 20.1 Å². The number of rotatable bonds is 8. The van der Waals surface area contributed by atoms with Crippen LogP contribution in [0.5, 0.6) is 5.75 Å². The molecule has 0 atom stereocenters. The Labute approximate surface area is 189 Å². The molecule has 0 saturated carbocycles. The molecular weight excluding hydrogens is 470 g/mol. The molecule has 0 aliphatic heterocycles. The molecule has 2 aromatic rings. The predicted octanol–water partition coefficient (Wildman–Crippen LogP) is 4.20. The number of benzene rings is 2. The van der Waals surface area contributed by atoms with Gasteiger partial charge in [-0.15, -0.1) is 0 Å². The van der Waals surface area contributed by atoms with Gasteiger partial charge in [-0.05, 0) is 70.6 Å². The lowest BCUT2D eigenvalue weighted by molar-refractivity contribution is -0.118. The summed E-state index contributed by atoms with van der Waals surface area (Å²) in [4.78, 5) is 24.2. The highest BCUT2D eigenvalue weighted by molar-refractivity contribution is 9.10. The molecule has 0 radical (unpaired) electrons. The van der Waals surface area contributed by atoms with Gasteiger partial charge in [-0.3, -0.25) is 14.9 Å². The van der Waals surface area contributed by atoms with Gasteiger partial charge in [-0.2, -0.15) is 0 Å². The minimum absolute atomic E-state index is 0.0558. The second-order valence-electron chi connectivity index (χ2n) is 6.62. The Hall–Kier alpha value is -2.49. The van der Waals surface area contributed by atoms with Crippen LogP contribution in [0.4, 0.5) is 11.4 Å². The molecule has 30 heavy (non-hydrogen) atoms. The maximum Gasteiger partial charge on any atom is 0.257 e. The number of carbonyl (C=O) groups excluding carboxylic acids is 2. The van der Waals surface area contributed by atoms with Crippen LogP contribution in [0, 0.1) is 5.92 Å². The SMILES string of the molecule is COCCOc1ccc(C(=O)NC(=S)Nc2ccc(NC(=O)C(C)C)cc2)cc1Br. The molecule has 0 fully saturated rings. The monoisotopic (exact) mass is 493 g/mol. The Kier molecular flexibility index (Phi) is 9.22. The van der Waals surface area contributed by atoms with Crippen LogP contribution in [0.15, 0.2) is 46.9 Å². The Bertz CT molecular complexity index is 904. The summed E-state index contributed by atoms with van der Waals surface area (Å²) in [6.07, 6.45) is 0. The van der Waals surface area contributed by atoms with Crippen molar-refractivity contribution in [3.8, 4) is 5.75 Å². The molecule has 9 heteroatoms. The van der Waals surface area contributed by atoms with Crippen LogP contribution in [0.3, 0.4) is 0 Å². The number of halogens is 1. The van der Waals surface area contributed by atoms with Crippen molar-refractivity contribution >= 4 is 56.4 Å². The molecular formula is C21H24BrN3O4S. The summed E-state index contributed by atoms with van der Waals surface area (Å²) in [7, 11) is 1.60. The molecule has 0 unspecified atom stereocenters. The number of nitrogens with one attached hydrogen (secondary N) is 3. The number of hydrogen-bond donors (Lipinski definition) is 3. The van der Waals surface area contributed by atoms with Crippen LogP contribution in [0.2, 0.25) is 0 Å². The van der Waals surface area contributed by atoms with E-state index in [0.717, 1.165) is 0 Å². The van der Waals surface area contributed by atoms with Crippen LogP contribution in [0.1, 0.15) is 24.2 Å². The topological polar surface area (TPSA) is 88.7 Å². The van der Waals surface area contributed by atoms with Gasteiger partial charge in [0.1, 0.15) is 12.4 Å². The van der Waals surface area contributed by atoms with Gasteiger partial charge in [0.2, 0.25) is 5.91 Å². The maximum absolute atomic E-state index is 12.4. The van der Waals surface area contributed by atoms with Gasteiger partial charge in [0.15, 0.2) is 5.11 Å². The van der Waals surface area contributed by atoms with Crippen molar-refractivity contribution in [2.24, 2.45) is 5.92 Å². The number of thiocarbonyl (C=S) groups is 1. The zero-order chi connectivity index (χ0) is 22.1. The highest BCUT2D eigenvalue weighted by Gasteiger charge is 2.12. The van der Waals surface area contributed by atoms with Gasteiger partial charge in [0.25, 0.3) is 5.91 Å². The molecule has 0 saturated heterocycles. The highest BCUT2D eigenvalue weighted by Crippen LogP contribution is 2.26. The average molecular weight is 494 g/mol. The van der Waals surface area contributed by atoms with E-state index in [1.807, 2.05) is 13.8 Å². The van der Waals surface area contributed by atoms with Crippen molar-refractivity contribution in [3.05, 3.63) is 52.5 Å². The van der Waals surface area contributed by atoms with Crippen molar-refractivity contribution < 1.29 is 19.1 Å². The third-order valence-corrected chi connectivity index (χ3v) is 4.72. The molecule has 2 aromatic carbocycles. The summed E-state index contributed by atoms with van der Waals surface area (Å²) < 4.78 is 11.2. The van der Waals surface area contributed by atoms with E-state index in [1.54, 1.807) is 49.6 Å². The van der Waals surface area contributed by atoms with Crippen molar-refractivity contribution in [1.82, 2.24) is 5.32 Å². The Morgan fingerprint density at radius 1 is 1.03 bits per heavy atom. The molecule has 0 heterocycles. The Balaban J connectivity index is 1.90. The summed E-state index contributed by atoms with van der Waals surface area (Å²) in [5, 5.41) is 8.55. The lowest BCUT2D eigenvalue weighted by Crippen LogP contribution is -2.34. The maximum atomic E-state index is 12.4. The average Bonchev–Trinajstić information content (AvgIpc) is 2.70. The molecule has 0 aromatic heterocycles. The van der Waals surface area contributed by atoms with E-state index in [2.05, 4.69) is 31.9 Å². The van der Waals surface area contributed by atoms with Crippen LogP contribution < -0.4 is 20.7 Å². The van der Waals surface area contributed by atoms with Crippen molar-refractivity contribution in [2.75, 3.05) is 31.0 Å². The summed E-state index contributed by atoms with van der Waals surface area (Å²) in [6, 6.07) is 12.0. The third kappa shape index (κ3) is 7.40. The van der Waals surface area contributed by atoms with E-state index in [1.165, 1.54) is 0 Å². The van der Waals surface area contributed by atoms with Gasteiger partial charge in [0.05, 0.1) is 11.1 Å². The number of ether oxygens (including phenoxy) is 2. The molecule has 0 spiro atoms. The largest absolute Gasteiger partial charge is 0.490 e. The Morgan fingerprint density at radius 2 is 1.67 bits per heavy atom. The van der Waals surface area contributed by atoms with Crippen LogP contribution in [0.25, 0.3) is 0 Å². The summed E-state index contributed by atoms with van der Waals surface area (Å²) in [6.45, 7) is 4.54. The fraction of sp³-hybridized carbons (Fsp3) is 0.286. The first-order valence-electron chi connectivity index (χ1n) is 9.24. The second-order valence-corrected chi connectivity index (χ2v) is 7.88. The van der Waals surface area contributed by atoms with Crippen LogP contribution >= 0.6 is 28.1 Å². The summed E-state index contributed by atoms with van der Waals surface area (Å²) >= 11 is 8.61. The van der Waals surface area contributed by atoms with Crippen LogP contribution in [-0.2, 0) is 9.53 Å². The minimum Gasteiger partial charge on any atom is -0.490 e. The minimum atomic E-state index is -0.350. The first kappa shape index (κ1) is 23.8. The van der Waals surface area contributed by atoms with Crippen molar-refractivity contribution in [1.29, 1.82) is 0 Å². The molecule has 2 amide bonds. The summed E-state index contributed by atoms with van der Waals surface area (Å²) in [5.41, 5.74) is 1.80. The van der Waals surface area contributed by atoms with E-state index in [0.29, 0.717) is 40.4 Å². The first-order valence-corrected chi connectivity index (χ1v) is 10.4. The number of hydrogen-bond acceptors (Lipinski definition) is 5. The molecule has 0 aliphatic rings. The molecule has 3 N–H and O–H groups in total. The van der Waals surface area contributed by atoms with E-state index in [9.17, 15) is 9.59 Å². The standard InChI is InChI=1S/C21H24BrN3O4S/c1-13(2)19(26)23-15-5-7-16(8-6-15)24-21(30)25-20(27)14-4-9-18(17(22)12-14)29-11-10-28-3/h4-9,12-13H,10-11H2,1-3H3,(H,23,26)(H2,24,25,27,30). The van der Waals surface area contributed by atoms with E-state index < -0.39 is 0 Å². The lowest BCUT2D eigenvalue weighted by atomic mass is 10.2. The highest BCUT2D eigenvalue weighted by atomic mass is 79.9. The fourth-order valence-corrected chi connectivity index (χ4v) is 2.96. The molecule has 2 rings (SSSR count). The van der Waals surface area contributed by atoms with Gasteiger partial charge in [-0.25, -0.2) is 0 Å². The van der Waals surface area contributed by atoms with Crippen LogP contribution in [-0.4, -0.2) is 37.3 Å². The predicted molar refractivity (Wildman–Crippen MR) is 125 cm³/mol. The Morgan fingerprint density at radius 3 is 2.23 bits per heavy atom. The quantitative estimate of drug-likeness (QED) is 0.377. The number of methoxy groups -OCH3 is 1. The van der Waals surface area contributed by atoms with E-state index in [-0.39, 0.29) is 22.8 Å².